The zero-order valence-electron chi connectivity index (χ0n) is 14.2. The molecule has 24 heavy (non-hydrogen) atoms. The van der Waals surface area contributed by atoms with Crippen LogP contribution in [0.5, 0.6) is 0 Å². The molecule has 0 aliphatic heterocycles. The summed E-state index contributed by atoms with van der Waals surface area (Å²) >= 11 is 0. The molecule has 122 valence electrons. The summed E-state index contributed by atoms with van der Waals surface area (Å²) in [7, 11) is -0.554. The third-order valence-corrected chi connectivity index (χ3v) is 7.92. The van der Waals surface area contributed by atoms with Crippen molar-refractivity contribution in [2.75, 3.05) is 0 Å². The molecule has 0 saturated heterocycles. The van der Waals surface area contributed by atoms with Crippen molar-refractivity contribution in [3.8, 4) is 0 Å². The summed E-state index contributed by atoms with van der Waals surface area (Å²) in [4.78, 5) is 4.35. The Balaban J connectivity index is 2.18. The number of allylic oxidation sites excluding steroid dienone is 1. The van der Waals surface area contributed by atoms with Crippen molar-refractivity contribution in [2.24, 2.45) is 5.92 Å². The fourth-order valence-electron chi connectivity index (χ4n) is 3.35. The number of nitrogens with zero attached hydrogens (tertiary/aromatic N) is 2. The van der Waals surface area contributed by atoms with Gasteiger partial charge in [-0.1, -0.05) is 79.7 Å². The highest BCUT2D eigenvalue weighted by Gasteiger charge is 2.35. The largest absolute Gasteiger partial charge is 0.327 e. The number of benzene rings is 2. The van der Waals surface area contributed by atoms with Gasteiger partial charge in [-0.15, -0.1) is 6.58 Å². The van der Waals surface area contributed by atoms with Gasteiger partial charge >= 0.3 is 0 Å². The highest BCUT2D eigenvalue weighted by Crippen LogP contribution is 2.34. The molecule has 2 nitrogen and oxygen atoms in total. The first-order valence-electron chi connectivity index (χ1n) is 8.49. The van der Waals surface area contributed by atoms with E-state index in [0.717, 1.165) is 0 Å². The second-order valence-corrected chi connectivity index (χ2v) is 8.41. The summed E-state index contributed by atoms with van der Waals surface area (Å²) in [6, 6.07) is 22.9. The Morgan fingerprint density at radius 2 is 1.67 bits per heavy atom. The molecule has 1 heterocycles. The highest BCUT2D eigenvalue weighted by atomic mass is 28.2. The van der Waals surface area contributed by atoms with Crippen LogP contribution >= 0.6 is 0 Å². The maximum absolute atomic E-state index is 4.35. The number of aromatic nitrogens is 2. The van der Waals surface area contributed by atoms with E-state index in [2.05, 4.69) is 96.0 Å². The zero-order valence-corrected chi connectivity index (χ0v) is 15.6. The normalized spacial score (nSPS) is 13.2. The van der Waals surface area contributed by atoms with Crippen LogP contribution in [0.4, 0.5) is 0 Å². The summed E-state index contributed by atoms with van der Waals surface area (Å²) < 4.78 is 2.31. The van der Waals surface area contributed by atoms with Crippen LogP contribution in [0.3, 0.4) is 0 Å². The van der Waals surface area contributed by atoms with Gasteiger partial charge < -0.3 is 4.57 Å². The van der Waals surface area contributed by atoms with Gasteiger partial charge in [-0.25, -0.2) is 4.98 Å². The van der Waals surface area contributed by atoms with Crippen molar-refractivity contribution in [3.05, 3.63) is 103 Å². The lowest BCUT2D eigenvalue weighted by atomic mass is 9.97. The van der Waals surface area contributed by atoms with Crippen molar-refractivity contribution < 1.29 is 0 Å². The zero-order chi connectivity index (χ0) is 16.8. The highest BCUT2D eigenvalue weighted by molar-refractivity contribution is 6.41. The maximum Gasteiger partial charge on any atom is 0.0953 e. The summed E-state index contributed by atoms with van der Waals surface area (Å²) in [5.41, 5.74) is 2.69. The van der Waals surface area contributed by atoms with E-state index in [1.807, 2.05) is 12.5 Å². The molecule has 3 aromatic rings. The van der Waals surface area contributed by atoms with E-state index in [9.17, 15) is 0 Å². The fraction of sp³-hybridized carbons (Fsp3) is 0.190. The topological polar surface area (TPSA) is 17.8 Å². The molecule has 0 N–H and O–H groups in total. The molecule has 1 aromatic heterocycles. The van der Waals surface area contributed by atoms with Crippen molar-refractivity contribution in [2.45, 2.75) is 18.1 Å². The average Bonchev–Trinajstić information content (AvgIpc) is 3.19. The molecule has 0 aliphatic rings. The smallest absolute Gasteiger partial charge is 0.0953 e. The minimum Gasteiger partial charge on any atom is -0.327 e. The molecule has 0 saturated carbocycles. The predicted octanol–water partition coefficient (Wildman–Crippen LogP) is 4.04. The van der Waals surface area contributed by atoms with E-state index in [4.69, 9.17) is 0 Å². The number of hydrogen-bond acceptors (Lipinski definition) is 1. The fourth-order valence-corrected chi connectivity index (χ4v) is 5.95. The minimum atomic E-state index is -0.554. The summed E-state index contributed by atoms with van der Waals surface area (Å²) in [6.45, 7) is 6.23. The lowest BCUT2D eigenvalue weighted by Gasteiger charge is -2.37. The molecule has 0 spiro atoms. The number of rotatable bonds is 7. The van der Waals surface area contributed by atoms with Gasteiger partial charge in [-0.2, -0.15) is 0 Å². The van der Waals surface area contributed by atoms with Crippen LogP contribution in [-0.4, -0.2) is 19.1 Å². The van der Waals surface area contributed by atoms with Crippen molar-refractivity contribution in [1.82, 2.24) is 9.55 Å². The van der Waals surface area contributed by atoms with Gasteiger partial charge in [-0.3, -0.25) is 0 Å². The molecule has 0 radical (unpaired) electrons. The van der Waals surface area contributed by atoms with E-state index < -0.39 is 9.52 Å². The third kappa shape index (κ3) is 3.13. The summed E-state index contributed by atoms with van der Waals surface area (Å²) in [6.07, 6.45) is 8.02. The molecule has 1 unspecified atom stereocenters. The molecule has 2 aromatic carbocycles. The van der Waals surface area contributed by atoms with Crippen LogP contribution < -0.4 is 0 Å². The Kier molecular flexibility index (Phi) is 5.11. The molecule has 0 bridgehead atoms. The quantitative estimate of drug-likeness (QED) is 0.471. The molecule has 1 atom stereocenters. The Morgan fingerprint density at radius 3 is 2.12 bits per heavy atom. The van der Waals surface area contributed by atoms with E-state index in [1.54, 1.807) is 0 Å². The van der Waals surface area contributed by atoms with Crippen LogP contribution in [0.25, 0.3) is 0 Å². The summed E-state index contributed by atoms with van der Waals surface area (Å²) in [5.74, 6) is 0.534. The molecule has 3 heteroatoms. The minimum absolute atomic E-state index is 0.115. The molecule has 0 amide bonds. The first kappa shape index (κ1) is 16.5. The van der Waals surface area contributed by atoms with Gasteiger partial charge in [0.1, 0.15) is 0 Å². The van der Waals surface area contributed by atoms with Crippen LogP contribution in [0, 0.1) is 5.92 Å². The van der Waals surface area contributed by atoms with Gasteiger partial charge in [-0.05, 0) is 17.0 Å². The summed E-state index contributed by atoms with van der Waals surface area (Å²) in [5, 5.41) is -0.115. The Labute approximate surface area is 146 Å². The SMILES string of the molecule is C=CC(C)C[SiH2]C(c1ccccc1)(c1ccccc1)n1ccnc1. The van der Waals surface area contributed by atoms with Gasteiger partial charge in [0.25, 0.3) is 0 Å². The number of imidazole rings is 1. The lowest BCUT2D eigenvalue weighted by molar-refractivity contribution is 0.585. The molecule has 3 rings (SSSR count). The maximum atomic E-state index is 4.35. The van der Waals surface area contributed by atoms with Crippen LogP contribution in [0.15, 0.2) is 92.0 Å². The second-order valence-electron chi connectivity index (χ2n) is 6.31. The van der Waals surface area contributed by atoms with Gasteiger partial charge in [0.2, 0.25) is 0 Å². The Morgan fingerprint density at radius 1 is 1.08 bits per heavy atom. The molecule has 0 fully saturated rings. The standard InChI is InChI=1S/C21H24N2Si/c1-3-18(2)16-24-21(23-15-14-22-17-23,19-10-6-4-7-11-19)20-12-8-5-9-13-20/h3-15,17-18H,1,16,24H2,2H3. The van der Waals surface area contributed by atoms with Crippen molar-refractivity contribution in [3.63, 3.8) is 0 Å². The molecule has 0 aliphatic carbocycles. The van der Waals surface area contributed by atoms with Crippen LogP contribution in [-0.2, 0) is 5.16 Å². The molecular formula is C21H24N2Si. The van der Waals surface area contributed by atoms with Crippen molar-refractivity contribution in [1.29, 1.82) is 0 Å². The van der Waals surface area contributed by atoms with E-state index in [0.29, 0.717) is 5.92 Å². The van der Waals surface area contributed by atoms with E-state index in [1.165, 1.54) is 17.2 Å². The van der Waals surface area contributed by atoms with Crippen LogP contribution in [0.2, 0.25) is 6.04 Å². The van der Waals surface area contributed by atoms with Crippen molar-refractivity contribution >= 4 is 9.52 Å². The third-order valence-electron chi connectivity index (χ3n) is 4.81. The molecular weight excluding hydrogens is 308 g/mol. The second kappa shape index (κ2) is 7.45. The predicted molar refractivity (Wildman–Crippen MR) is 104 cm³/mol. The first-order chi connectivity index (χ1) is 11.8. The van der Waals surface area contributed by atoms with Gasteiger partial charge in [0.15, 0.2) is 0 Å². The number of hydrogen-bond donors (Lipinski definition) is 0. The van der Waals surface area contributed by atoms with E-state index in [-0.39, 0.29) is 5.16 Å². The average molecular weight is 333 g/mol. The van der Waals surface area contributed by atoms with Gasteiger partial charge in [0.05, 0.1) is 21.0 Å². The monoisotopic (exact) mass is 332 g/mol. The van der Waals surface area contributed by atoms with Gasteiger partial charge in [0, 0.05) is 12.4 Å². The first-order valence-corrected chi connectivity index (χ1v) is 10.2. The van der Waals surface area contributed by atoms with E-state index >= 15 is 0 Å². The Hall–Kier alpha value is -2.39. The Bertz CT molecular complexity index is 712. The van der Waals surface area contributed by atoms with Crippen LogP contribution in [0.1, 0.15) is 18.1 Å². The lowest BCUT2D eigenvalue weighted by Crippen LogP contribution is -2.42.